The van der Waals surface area contributed by atoms with Crippen LogP contribution >= 0.6 is 0 Å². The Bertz CT molecular complexity index is 504. The van der Waals surface area contributed by atoms with Crippen molar-refractivity contribution >= 4 is 10.8 Å². The largest absolute Gasteiger partial charge is 0.306 e. The molecule has 1 saturated heterocycles. The molecular weight excluding hydrogens is 194 g/mol. The molecule has 0 aromatic heterocycles. The third kappa shape index (κ3) is 1.72. The first kappa shape index (κ1) is 9.86. The van der Waals surface area contributed by atoms with Crippen molar-refractivity contribution in [3.05, 3.63) is 48.0 Å². The first-order valence-corrected chi connectivity index (χ1v) is 6.00. The molecule has 1 heteroatoms. The van der Waals surface area contributed by atoms with Crippen molar-refractivity contribution in [3.8, 4) is 0 Å². The molecule has 1 heterocycles. The standard InChI is InChI=1S/C15H17N/c1-16-9-8-15(11-16)14-7-6-12-4-2-3-5-13(12)10-14/h2-7,10,15H,8-9,11H2,1H3/t15-/m1/s1. The molecule has 1 atom stereocenters. The summed E-state index contributed by atoms with van der Waals surface area (Å²) in [5.74, 6) is 0.731. The highest BCUT2D eigenvalue weighted by Gasteiger charge is 2.20. The van der Waals surface area contributed by atoms with E-state index in [1.807, 2.05) is 0 Å². The van der Waals surface area contributed by atoms with Crippen LogP contribution in [0.15, 0.2) is 42.5 Å². The van der Waals surface area contributed by atoms with Crippen LogP contribution in [0.2, 0.25) is 0 Å². The van der Waals surface area contributed by atoms with Crippen LogP contribution in [-0.2, 0) is 0 Å². The van der Waals surface area contributed by atoms with Gasteiger partial charge in [-0.3, -0.25) is 0 Å². The smallest absolute Gasteiger partial charge is 0.00477 e. The first-order chi connectivity index (χ1) is 7.83. The van der Waals surface area contributed by atoms with Crippen molar-refractivity contribution < 1.29 is 0 Å². The Labute approximate surface area is 96.7 Å². The van der Waals surface area contributed by atoms with E-state index >= 15 is 0 Å². The van der Waals surface area contributed by atoms with Gasteiger partial charge in [-0.05, 0) is 42.3 Å². The van der Waals surface area contributed by atoms with Crippen molar-refractivity contribution in [2.75, 3.05) is 20.1 Å². The van der Waals surface area contributed by atoms with E-state index in [4.69, 9.17) is 0 Å². The third-order valence-electron chi connectivity index (χ3n) is 3.64. The molecule has 0 N–H and O–H groups in total. The average Bonchev–Trinajstić information content (AvgIpc) is 2.75. The molecule has 0 saturated carbocycles. The minimum absolute atomic E-state index is 0.731. The summed E-state index contributed by atoms with van der Waals surface area (Å²) in [4.78, 5) is 2.42. The molecule has 1 aliphatic rings. The minimum atomic E-state index is 0.731. The Balaban J connectivity index is 1.99. The van der Waals surface area contributed by atoms with Crippen LogP contribution in [0.4, 0.5) is 0 Å². The Morgan fingerprint density at radius 2 is 1.88 bits per heavy atom. The summed E-state index contributed by atoms with van der Waals surface area (Å²) in [6, 6.07) is 15.5. The summed E-state index contributed by atoms with van der Waals surface area (Å²) < 4.78 is 0. The number of likely N-dealkylation sites (N-methyl/N-ethyl adjacent to an activating group) is 1. The van der Waals surface area contributed by atoms with Crippen LogP contribution in [0.1, 0.15) is 17.9 Å². The van der Waals surface area contributed by atoms with Gasteiger partial charge in [0.2, 0.25) is 0 Å². The van der Waals surface area contributed by atoms with E-state index in [0.717, 1.165) is 5.92 Å². The van der Waals surface area contributed by atoms with Crippen LogP contribution in [-0.4, -0.2) is 25.0 Å². The molecular formula is C15H17N. The Hall–Kier alpha value is -1.34. The molecule has 1 nitrogen and oxygen atoms in total. The highest BCUT2D eigenvalue weighted by molar-refractivity contribution is 5.83. The lowest BCUT2D eigenvalue weighted by Gasteiger charge is -2.11. The summed E-state index contributed by atoms with van der Waals surface area (Å²) >= 11 is 0. The molecule has 0 unspecified atom stereocenters. The Morgan fingerprint density at radius 3 is 2.62 bits per heavy atom. The molecule has 0 radical (unpaired) electrons. The van der Waals surface area contributed by atoms with Gasteiger partial charge in [-0.15, -0.1) is 0 Å². The minimum Gasteiger partial charge on any atom is -0.306 e. The van der Waals surface area contributed by atoms with Crippen molar-refractivity contribution in [2.45, 2.75) is 12.3 Å². The highest BCUT2D eigenvalue weighted by atomic mass is 15.1. The van der Waals surface area contributed by atoms with E-state index in [-0.39, 0.29) is 0 Å². The molecule has 3 rings (SSSR count). The van der Waals surface area contributed by atoms with Crippen LogP contribution in [0.5, 0.6) is 0 Å². The van der Waals surface area contributed by atoms with E-state index < -0.39 is 0 Å². The Morgan fingerprint density at radius 1 is 1.06 bits per heavy atom. The zero-order chi connectivity index (χ0) is 11.0. The third-order valence-corrected chi connectivity index (χ3v) is 3.64. The van der Waals surface area contributed by atoms with E-state index in [1.54, 1.807) is 0 Å². The topological polar surface area (TPSA) is 3.24 Å². The lowest BCUT2D eigenvalue weighted by atomic mass is 9.96. The van der Waals surface area contributed by atoms with Gasteiger partial charge in [0, 0.05) is 6.54 Å². The number of likely N-dealkylation sites (tertiary alicyclic amines) is 1. The van der Waals surface area contributed by atoms with Gasteiger partial charge in [-0.1, -0.05) is 42.5 Å². The molecule has 1 aliphatic heterocycles. The summed E-state index contributed by atoms with van der Waals surface area (Å²) in [6.45, 7) is 2.44. The maximum absolute atomic E-state index is 2.42. The van der Waals surface area contributed by atoms with Crippen molar-refractivity contribution in [1.29, 1.82) is 0 Å². The van der Waals surface area contributed by atoms with Crippen molar-refractivity contribution in [3.63, 3.8) is 0 Å². The molecule has 16 heavy (non-hydrogen) atoms. The summed E-state index contributed by atoms with van der Waals surface area (Å²) in [5.41, 5.74) is 1.50. The van der Waals surface area contributed by atoms with E-state index in [2.05, 4.69) is 54.4 Å². The van der Waals surface area contributed by atoms with Crippen molar-refractivity contribution in [1.82, 2.24) is 4.90 Å². The van der Waals surface area contributed by atoms with Crippen LogP contribution in [0.3, 0.4) is 0 Å². The first-order valence-electron chi connectivity index (χ1n) is 6.00. The van der Waals surface area contributed by atoms with Crippen LogP contribution in [0.25, 0.3) is 10.8 Å². The number of fused-ring (bicyclic) bond motifs is 1. The van der Waals surface area contributed by atoms with Gasteiger partial charge in [-0.25, -0.2) is 0 Å². The fourth-order valence-electron chi connectivity index (χ4n) is 2.67. The predicted octanol–water partition coefficient (Wildman–Crippen LogP) is 3.26. The Kier molecular flexibility index (Phi) is 2.41. The molecule has 2 aromatic carbocycles. The number of benzene rings is 2. The SMILES string of the molecule is CN1CC[C@@H](c2ccc3ccccc3c2)C1. The normalized spacial score (nSPS) is 21.7. The second-order valence-corrected chi connectivity index (χ2v) is 4.85. The van der Waals surface area contributed by atoms with Crippen LogP contribution < -0.4 is 0 Å². The molecule has 82 valence electrons. The summed E-state index contributed by atoms with van der Waals surface area (Å²) in [5, 5.41) is 2.71. The number of rotatable bonds is 1. The number of hydrogen-bond acceptors (Lipinski definition) is 1. The summed E-state index contributed by atoms with van der Waals surface area (Å²) in [7, 11) is 2.21. The molecule has 1 fully saturated rings. The molecule has 0 bridgehead atoms. The number of nitrogens with zero attached hydrogens (tertiary/aromatic N) is 1. The molecule has 0 spiro atoms. The monoisotopic (exact) mass is 211 g/mol. The van der Waals surface area contributed by atoms with Gasteiger partial charge in [0.15, 0.2) is 0 Å². The number of hydrogen-bond donors (Lipinski definition) is 0. The van der Waals surface area contributed by atoms with Gasteiger partial charge >= 0.3 is 0 Å². The zero-order valence-corrected chi connectivity index (χ0v) is 9.69. The average molecular weight is 211 g/mol. The fourth-order valence-corrected chi connectivity index (χ4v) is 2.67. The van der Waals surface area contributed by atoms with Gasteiger partial charge in [0.05, 0.1) is 0 Å². The molecule has 0 aliphatic carbocycles. The van der Waals surface area contributed by atoms with Crippen molar-refractivity contribution in [2.24, 2.45) is 0 Å². The zero-order valence-electron chi connectivity index (χ0n) is 9.69. The van der Waals surface area contributed by atoms with E-state index in [1.165, 1.54) is 35.8 Å². The van der Waals surface area contributed by atoms with Crippen LogP contribution in [0, 0.1) is 0 Å². The second-order valence-electron chi connectivity index (χ2n) is 4.85. The van der Waals surface area contributed by atoms with Gasteiger partial charge < -0.3 is 4.90 Å². The maximum Gasteiger partial charge on any atom is 0.00477 e. The van der Waals surface area contributed by atoms with Gasteiger partial charge in [0.25, 0.3) is 0 Å². The lowest BCUT2D eigenvalue weighted by Crippen LogP contribution is -2.13. The van der Waals surface area contributed by atoms with E-state index in [0.29, 0.717) is 0 Å². The molecule has 0 amide bonds. The predicted molar refractivity (Wildman–Crippen MR) is 68.8 cm³/mol. The van der Waals surface area contributed by atoms with Gasteiger partial charge in [0.1, 0.15) is 0 Å². The second kappa shape index (κ2) is 3.91. The lowest BCUT2D eigenvalue weighted by molar-refractivity contribution is 0.411. The maximum atomic E-state index is 2.42. The van der Waals surface area contributed by atoms with E-state index in [9.17, 15) is 0 Å². The summed E-state index contributed by atoms with van der Waals surface area (Å²) in [6.07, 6.45) is 1.30. The quantitative estimate of drug-likeness (QED) is 0.700. The fraction of sp³-hybridized carbons (Fsp3) is 0.333. The van der Waals surface area contributed by atoms with Gasteiger partial charge in [-0.2, -0.15) is 0 Å². The molecule has 2 aromatic rings. The highest BCUT2D eigenvalue weighted by Crippen LogP contribution is 2.28.